The summed E-state index contributed by atoms with van der Waals surface area (Å²) in [6.45, 7) is 4.65. The number of nitrogens with zero attached hydrogens (tertiary/aromatic N) is 4. The lowest BCUT2D eigenvalue weighted by molar-refractivity contribution is 0.661. The summed E-state index contributed by atoms with van der Waals surface area (Å²) < 4.78 is 2.23. The lowest BCUT2D eigenvalue weighted by Gasteiger charge is -2.21. The highest BCUT2D eigenvalue weighted by Gasteiger charge is 2.36. The van der Waals surface area contributed by atoms with Crippen LogP contribution in [0.2, 0.25) is 0 Å². The molecule has 4 nitrogen and oxygen atoms in total. The van der Waals surface area contributed by atoms with Crippen molar-refractivity contribution in [3.05, 3.63) is 126 Å². The molecule has 2 aliphatic carbocycles. The minimum absolute atomic E-state index is 0.0986. The highest BCUT2D eigenvalue weighted by atomic mass is 15.2. The SMILES string of the molecule is CC1(C)c2ccccc2-c2cc3c4ccccc4n(-c4nc(C5=CCCC=C5)nc(-c5ccccc5)n4)c3cc21. The summed E-state index contributed by atoms with van der Waals surface area (Å²) in [5.41, 5.74) is 9.48. The van der Waals surface area contributed by atoms with E-state index in [2.05, 4.69) is 109 Å². The predicted octanol–water partition coefficient (Wildman–Crippen LogP) is 8.68. The smallest absolute Gasteiger partial charge is 0.238 e. The van der Waals surface area contributed by atoms with Crippen molar-refractivity contribution in [2.45, 2.75) is 32.1 Å². The van der Waals surface area contributed by atoms with Crippen LogP contribution in [-0.4, -0.2) is 19.5 Å². The van der Waals surface area contributed by atoms with Gasteiger partial charge in [-0.3, -0.25) is 4.57 Å². The van der Waals surface area contributed by atoms with Crippen LogP contribution in [0.15, 0.2) is 109 Å². The molecule has 6 aromatic rings. The fourth-order valence-corrected chi connectivity index (χ4v) is 6.47. The van der Waals surface area contributed by atoms with E-state index in [1.807, 2.05) is 18.2 Å². The predicted molar refractivity (Wildman–Crippen MR) is 164 cm³/mol. The summed E-state index contributed by atoms with van der Waals surface area (Å²) in [4.78, 5) is 15.2. The Morgan fingerprint density at radius 1 is 0.650 bits per heavy atom. The van der Waals surface area contributed by atoms with E-state index < -0.39 is 0 Å². The van der Waals surface area contributed by atoms with Crippen LogP contribution in [0.25, 0.3) is 55.8 Å². The summed E-state index contributed by atoms with van der Waals surface area (Å²) in [7, 11) is 0. The van der Waals surface area contributed by atoms with E-state index in [0.717, 1.165) is 35.0 Å². The number of para-hydroxylation sites is 1. The second-order valence-electron chi connectivity index (χ2n) is 11.2. The number of benzene rings is 4. The molecule has 4 aromatic carbocycles. The van der Waals surface area contributed by atoms with Crippen LogP contribution in [0, 0.1) is 0 Å². The third kappa shape index (κ3) is 3.35. The Kier molecular flexibility index (Phi) is 4.96. The van der Waals surface area contributed by atoms with Crippen LogP contribution >= 0.6 is 0 Å². The molecule has 0 saturated carbocycles. The van der Waals surface area contributed by atoms with Gasteiger partial charge in [0.25, 0.3) is 0 Å². The number of rotatable bonds is 3. The Labute approximate surface area is 233 Å². The standard InChI is InChI=1S/C36H28N4/c1-36(2)29-19-11-9-17-25(29)27-21-28-26-18-10-12-20-31(26)40(32(28)22-30(27)36)35-38-33(23-13-5-3-6-14-23)37-34(39-35)24-15-7-4-8-16-24/h3,5-7,9-22H,4,8H2,1-2H3. The van der Waals surface area contributed by atoms with E-state index in [-0.39, 0.29) is 5.41 Å². The van der Waals surface area contributed by atoms with Crippen LogP contribution in [0.5, 0.6) is 0 Å². The van der Waals surface area contributed by atoms with Crippen molar-refractivity contribution in [1.29, 1.82) is 0 Å². The van der Waals surface area contributed by atoms with Crippen LogP contribution in [0.4, 0.5) is 0 Å². The van der Waals surface area contributed by atoms with Gasteiger partial charge in [0.05, 0.1) is 11.0 Å². The topological polar surface area (TPSA) is 43.6 Å². The maximum absolute atomic E-state index is 5.12. The van der Waals surface area contributed by atoms with E-state index in [1.165, 1.54) is 33.0 Å². The van der Waals surface area contributed by atoms with Gasteiger partial charge in [-0.1, -0.05) is 105 Å². The minimum Gasteiger partial charge on any atom is -0.278 e. The fraction of sp³-hybridized carbons (Fsp3) is 0.139. The first-order valence-electron chi connectivity index (χ1n) is 14.0. The van der Waals surface area contributed by atoms with Gasteiger partial charge in [-0.2, -0.15) is 9.97 Å². The number of hydrogen-bond donors (Lipinski definition) is 0. The monoisotopic (exact) mass is 516 g/mol. The maximum atomic E-state index is 5.12. The normalized spacial score (nSPS) is 15.3. The zero-order valence-electron chi connectivity index (χ0n) is 22.6. The Morgan fingerprint density at radius 3 is 2.27 bits per heavy atom. The molecule has 2 aromatic heterocycles. The molecule has 0 saturated heterocycles. The molecular weight excluding hydrogens is 488 g/mol. The molecule has 8 rings (SSSR count). The molecule has 0 N–H and O–H groups in total. The first kappa shape index (κ1) is 23.1. The molecule has 0 radical (unpaired) electrons. The summed E-state index contributed by atoms with van der Waals surface area (Å²) in [6.07, 6.45) is 8.60. The maximum Gasteiger partial charge on any atom is 0.238 e. The van der Waals surface area contributed by atoms with Crippen molar-refractivity contribution in [2.24, 2.45) is 0 Å². The minimum atomic E-state index is -0.0986. The van der Waals surface area contributed by atoms with Gasteiger partial charge >= 0.3 is 0 Å². The summed E-state index contributed by atoms with van der Waals surface area (Å²) in [5.74, 6) is 2.03. The zero-order valence-corrected chi connectivity index (χ0v) is 22.6. The van der Waals surface area contributed by atoms with Crippen molar-refractivity contribution >= 4 is 27.4 Å². The van der Waals surface area contributed by atoms with E-state index in [1.54, 1.807) is 0 Å². The largest absolute Gasteiger partial charge is 0.278 e. The molecule has 40 heavy (non-hydrogen) atoms. The molecule has 192 valence electrons. The number of allylic oxidation sites excluding steroid dienone is 4. The molecule has 0 bridgehead atoms. The van der Waals surface area contributed by atoms with Crippen molar-refractivity contribution < 1.29 is 0 Å². The van der Waals surface area contributed by atoms with Gasteiger partial charge in [-0.05, 0) is 53.3 Å². The second-order valence-corrected chi connectivity index (χ2v) is 11.2. The van der Waals surface area contributed by atoms with Crippen molar-refractivity contribution in [2.75, 3.05) is 0 Å². The summed E-state index contributed by atoms with van der Waals surface area (Å²) in [6, 6.07) is 32.3. The zero-order chi connectivity index (χ0) is 26.8. The lowest BCUT2D eigenvalue weighted by atomic mass is 9.82. The van der Waals surface area contributed by atoms with Crippen LogP contribution < -0.4 is 0 Å². The molecule has 2 aliphatic rings. The third-order valence-electron chi connectivity index (χ3n) is 8.48. The van der Waals surface area contributed by atoms with Gasteiger partial charge in [-0.25, -0.2) is 4.98 Å². The summed E-state index contributed by atoms with van der Waals surface area (Å²) >= 11 is 0. The number of aromatic nitrogens is 4. The summed E-state index contributed by atoms with van der Waals surface area (Å²) in [5, 5.41) is 2.41. The average Bonchev–Trinajstić information content (AvgIpc) is 3.45. The van der Waals surface area contributed by atoms with Gasteiger partial charge in [0.15, 0.2) is 11.6 Å². The molecule has 2 heterocycles. The first-order chi connectivity index (χ1) is 19.6. The van der Waals surface area contributed by atoms with Gasteiger partial charge in [-0.15, -0.1) is 0 Å². The second kappa shape index (κ2) is 8.59. The molecule has 0 atom stereocenters. The molecule has 0 amide bonds. The van der Waals surface area contributed by atoms with Gasteiger partial charge in [0.1, 0.15) is 0 Å². The Bertz CT molecular complexity index is 2030. The van der Waals surface area contributed by atoms with Crippen molar-refractivity contribution in [1.82, 2.24) is 19.5 Å². The Hall–Kier alpha value is -4.83. The van der Waals surface area contributed by atoms with Crippen LogP contribution in [0.1, 0.15) is 43.6 Å². The Balaban J connectivity index is 1.45. The van der Waals surface area contributed by atoms with Crippen LogP contribution in [-0.2, 0) is 5.41 Å². The van der Waals surface area contributed by atoms with Gasteiger partial charge in [0, 0.05) is 27.3 Å². The van der Waals surface area contributed by atoms with Gasteiger partial charge in [0.2, 0.25) is 5.95 Å². The highest BCUT2D eigenvalue weighted by molar-refractivity contribution is 6.11. The first-order valence-corrected chi connectivity index (χ1v) is 14.0. The number of hydrogen-bond acceptors (Lipinski definition) is 3. The van der Waals surface area contributed by atoms with Crippen molar-refractivity contribution in [3.8, 4) is 28.5 Å². The van der Waals surface area contributed by atoms with Crippen LogP contribution in [0.3, 0.4) is 0 Å². The molecule has 4 heteroatoms. The molecule has 0 unspecified atom stereocenters. The van der Waals surface area contributed by atoms with E-state index in [4.69, 9.17) is 15.0 Å². The highest BCUT2D eigenvalue weighted by Crippen LogP contribution is 2.50. The third-order valence-corrected chi connectivity index (χ3v) is 8.48. The Morgan fingerprint density at radius 2 is 1.43 bits per heavy atom. The molecule has 0 fully saturated rings. The van der Waals surface area contributed by atoms with E-state index in [9.17, 15) is 0 Å². The fourth-order valence-electron chi connectivity index (χ4n) is 6.47. The average molecular weight is 517 g/mol. The molecular formula is C36H28N4. The van der Waals surface area contributed by atoms with E-state index >= 15 is 0 Å². The van der Waals surface area contributed by atoms with Gasteiger partial charge < -0.3 is 0 Å². The molecule has 0 aliphatic heterocycles. The van der Waals surface area contributed by atoms with E-state index in [0.29, 0.717) is 17.6 Å². The lowest BCUT2D eigenvalue weighted by Crippen LogP contribution is -2.15. The molecule has 0 spiro atoms. The quantitative estimate of drug-likeness (QED) is 0.236. The number of fused-ring (bicyclic) bond motifs is 6. The van der Waals surface area contributed by atoms with Crippen molar-refractivity contribution in [3.63, 3.8) is 0 Å².